The number of rotatable bonds is 2. The molecule has 1 aliphatic rings. The molecule has 1 saturated heterocycles. The standard InChI is InChI=1S/C15H17F4NO2/c1-14(2,3)22-13(21)20-7-10(8-20)15(18,19)9-4-11(16)6-12(17)5-9/h4-6,10H,7-8H2,1-3H3. The lowest BCUT2D eigenvalue weighted by molar-refractivity contribution is -0.122. The van der Waals surface area contributed by atoms with E-state index in [1.807, 2.05) is 0 Å². The summed E-state index contributed by atoms with van der Waals surface area (Å²) in [5.41, 5.74) is -1.44. The summed E-state index contributed by atoms with van der Waals surface area (Å²) in [5, 5.41) is 0. The average molecular weight is 319 g/mol. The Balaban J connectivity index is 2.03. The number of benzene rings is 1. The first-order chi connectivity index (χ1) is 9.99. The van der Waals surface area contributed by atoms with E-state index >= 15 is 0 Å². The van der Waals surface area contributed by atoms with Gasteiger partial charge in [-0.15, -0.1) is 0 Å². The average Bonchev–Trinajstić information content (AvgIpc) is 2.21. The maximum absolute atomic E-state index is 14.2. The van der Waals surface area contributed by atoms with Gasteiger partial charge in [0.25, 0.3) is 5.92 Å². The number of carbonyl (C=O) groups excluding carboxylic acids is 1. The van der Waals surface area contributed by atoms with Gasteiger partial charge in [0.15, 0.2) is 0 Å². The van der Waals surface area contributed by atoms with Gasteiger partial charge in [-0.3, -0.25) is 0 Å². The number of alkyl halides is 2. The number of ether oxygens (including phenoxy) is 1. The van der Waals surface area contributed by atoms with Crippen molar-refractivity contribution in [2.24, 2.45) is 5.92 Å². The first-order valence-corrected chi connectivity index (χ1v) is 6.81. The predicted octanol–water partition coefficient (Wildman–Crippen LogP) is 3.92. The molecule has 1 aromatic rings. The molecule has 1 aromatic carbocycles. The van der Waals surface area contributed by atoms with Crippen LogP contribution in [0.3, 0.4) is 0 Å². The van der Waals surface area contributed by atoms with Gasteiger partial charge in [-0.1, -0.05) is 0 Å². The number of likely N-dealkylation sites (tertiary alicyclic amines) is 1. The van der Waals surface area contributed by atoms with Crippen molar-refractivity contribution in [3.63, 3.8) is 0 Å². The summed E-state index contributed by atoms with van der Waals surface area (Å²) in [5.74, 6) is -6.72. The van der Waals surface area contributed by atoms with Gasteiger partial charge in [0.1, 0.15) is 17.2 Å². The third-order valence-electron chi connectivity index (χ3n) is 3.29. The van der Waals surface area contributed by atoms with Gasteiger partial charge >= 0.3 is 6.09 Å². The van der Waals surface area contributed by atoms with Crippen molar-refractivity contribution in [3.8, 4) is 0 Å². The Morgan fingerprint density at radius 3 is 2.09 bits per heavy atom. The van der Waals surface area contributed by atoms with E-state index in [1.54, 1.807) is 20.8 Å². The fourth-order valence-electron chi connectivity index (χ4n) is 2.17. The Kier molecular flexibility index (Phi) is 4.10. The zero-order valence-corrected chi connectivity index (χ0v) is 12.5. The number of nitrogens with zero attached hydrogens (tertiary/aromatic N) is 1. The van der Waals surface area contributed by atoms with Gasteiger partial charge in [0.2, 0.25) is 0 Å². The molecule has 0 spiro atoms. The maximum Gasteiger partial charge on any atom is 0.410 e. The van der Waals surface area contributed by atoms with Crippen LogP contribution in [0, 0.1) is 17.6 Å². The smallest absolute Gasteiger partial charge is 0.410 e. The molecule has 1 fully saturated rings. The highest BCUT2D eigenvalue weighted by molar-refractivity contribution is 5.69. The summed E-state index contributed by atoms with van der Waals surface area (Å²) in [6.45, 7) is 4.57. The second kappa shape index (κ2) is 5.44. The van der Waals surface area contributed by atoms with Crippen molar-refractivity contribution in [2.75, 3.05) is 13.1 Å². The van der Waals surface area contributed by atoms with Gasteiger partial charge < -0.3 is 9.64 Å². The fourth-order valence-corrected chi connectivity index (χ4v) is 2.17. The molecular formula is C15H17F4NO2. The Morgan fingerprint density at radius 2 is 1.64 bits per heavy atom. The van der Waals surface area contributed by atoms with Crippen LogP contribution in [-0.2, 0) is 10.7 Å². The SMILES string of the molecule is CC(C)(C)OC(=O)N1CC(C(F)(F)c2cc(F)cc(F)c2)C1. The molecular weight excluding hydrogens is 302 g/mol. The van der Waals surface area contributed by atoms with Crippen LogP contribution in [0.25, 0.3) is 0 Å². The second-order valence-corrected chi connectivity index (χ2v) is 6.36. The van der Waals surface area contributed by atoms with Crippen LogP contribution in [0.4, 0.5) is 22.4 Å². The molecule has 0 N–H and O–H groups in total. The first kappa shape index (κ1) is 16.6. The summed E-state index contributed by atoms with van der Waals surface area (Å²) in [7, 11) is 0. The van der Waals surface area contributed by atoms with E-state index in [1.165, 1.54) is 0 Å². The lowest BCUT2D eigenvalue weighted by Gasteiger charge is -2.43. The van der Waals surface area contributed by atoms with Crippen LogP contribution in [-0.4, -0.2) is 29.7 Å². The third-order valence-corrected chi connectivity index (χ3v) is 3.29. The summed E-state index contributed by atoms with van der Waals surface area (Å²) < 4.78 is 59.7. The normalized spacial score (nSPS) is 16.4. The highest BCUT2D eigenvalue weighted by atomic mass is 19.3. The van der Waals surface area contributed by atoms with Crippen molar-refractivity contribution in [1.82, 2.24) is 4.90 Å². The Morgan fingerprint density at radius 1 is 1.14 bits per heavy atom. The van der Waals surface area contributed by atoms with E-state index in [0.717, 1.165) is 4.90 Å². The minimum absolute atomic E-state index is 0.222. The molecule has 1 heterocycles. The minimum Gasteiger partial charge on any atom is -0.444 e. The quantitative estimate of drug-likeness (QED) is 0.773. The highest BCUT2D eigenvalue weighted by Gasteiger charge is 2.50. The minimum atomic E-state index is -3.42. The molecule has 0 unspecified atom stereocenters. The second-order valence-electron chi connectivity index (χ2n) is 6.36. The largest absolute Gasteiger partial charge is 0.444 e. The van der Waals surface area contributed by atoms with Crippen molar-refractivity contribution in [3.05, 3.63) is 35.4 Å². The lowest BCUT2D eigenvalue weighted by atomic mass is 9.88. The molecule has 122 valence electrons. The third kappa shape index (κ3) is 3.51. The van der Waals surface area contributed by atoms with Crippen LogP contribution in [0.15, 0.2) is 18.2 Å². The molecule has 0 atom stereocenters. The first-order valence-electron chi connectivity index (χ1n) is 6.81. The summed E-state index contributed by atoms with van der Waals surface area (Å²) >= 11 is 0. The molecule has 3 nitrogen and oxygen atoms in total. The number of amides is 1. The molecule has 7 heteroatoms. The maximum atomic E-state index is 14.2. The number of hydrogen-bond acceptors (Lipinski definition) is 2. The van der Waals surface area contributed by atoms with Crippen molar-refractivity contribution in [1.29, 1.82) is 0 Å². The zero-order valence-electron chi connectivity index (χ0n) is 12.5. The van der Waals surface area contributed by atoms with E-state index in [0.29, 0.717) is 18.2 Å². The Hall–Kier alpha value is -1.79. The molecule has 2 rings (SSSR count). The van der Waals surface area contributed by atoms with E-state index in [9.17, 15) is 22.4 Å². The van der Waals surface area contributed by atoms with E-state index in [2.05, 4.69) is 0 Å². The Labute approximate surface area is 125 Å². The van der Waals surface area contributed by atoms with Crippen molar-refractivity contribution < 1.29 is 27.1 Å². The molecule has 0 aromatic heterocycles. The molecule has 1 aliphatic heterocycles. The van der Waals surface area contributed by atoms with Gasteiger partial charge in [-0.25, -0.2) is 22.4 Å². The van der Waals surface area contributed by atoms with E-state index < -0.39 is 40.7 Å². The molecule has 1 amide bonds. The van der Waals surface area contributed by atoms with Gasteiger partial charge in [0, 0.05) is 24.7 Å². The van der Waals surface area contributed by atoms with Crippen LogP contribution in [0.2, 0.25) is 0 Å². The van der Waals surface area contributed by atoms with Crippen LogP contribution >= 0.6 is 0 Å². The predicted molar refractivity (Wildman–Crippen MR) is 71.5 cm³/mol. The molecule has 0 bridgehead atoms. The van der Waals surface area contributed by atoms with Gasteiger partial charge in [0.05, 0.1) is 5.92 Å². The van der Waals surface area contributed by atoms with Crippen LogP contribution in [0.5, 0.6) is 0 Å². The molecule has 0 saturated carbocycles. The lowest BCUT2D eigenvalue weighted by Crippen LogP contribution is -2.56. The summed E-state index contributed by atoms with van der Waals surface area (Å²) in [4.78, 5) is 12.8. The van der Waals surface area contributed by atoms with E-state index in [-0.39, 0.29) is 13.1 Å². The fraction of sp³-hybridized carbons (Fsp3) is 0.533. The monoisotopic (exact) mass is 319 g/mol. The summed E-state index contributed by atoms with van der Waals surface area (Å²) in [6, 6.07) is 1.76. The van der Waals surface area contributed by atoms with Crippen LogP contribution in [0.1, 0.15) is 26.3 Å². The zero-order chi connectivity index (χ0) is 16.7. The molecule has 0 aliphatic carbocycles. The van der Waals surface area contributed by atoms with Gasteiger partial charge in [-0.2, -0.15) is 0 Å². The van der Waals surface area contributed by atoms with Crippen molar-refractivity contribution >= 4 is 6.09 Å². The number of carbonyl (C=O) groups is 1. The van der Waals surface area contributed by atoms with Crippen molar-refractivity contribution in [2.45, 2.75) is 32.3 Å². The topological polar surface area (TPSA) is 29.5 Å². The molecule has 0 radical (unpaired) electrons. The Bertz CT molecular complexity index is 557. The summed E-state index contributed by atoms with van der Waals surface area (Å²) in [6.07, 6.45) is -0.676. The molecule has 22 heavy (non-hydrogen) atoms. The van der Waals surface area contributed by atoms with Crippen LogP contribution < -0.4 is 0 Å². The number of halogens is 4. The van der Waals surface area contributed by atoms with E-state index in [4.69, 9.17) is 4.74 Å². The van der Waals surface area contributed by atoms with Gasteiger partial charge in [-0.05, 0) is 32.9 Å². The number of hydrogen-bond donors (Lipinski definition) is 0. The highest BCUT2D eigenvalue weighted by Crippen LogP contribution is 2.41.